The molecule has 4 aromatic rings. The van der Waals surface area contributed by atoms with E-state index in [2.05, 4.69) is 26.2 Å². The average Bonchev–Trinajstić information content (AvgIpc) is 3.71. The van der Waals surface area contributed by atoms with Gasteiger partial charge in [-0.3, -0.25) is 9.59 Å². The lowest BCUT2D eigenvalue weighted by atomic mass is 9.91. The Balaban J connectivity index is 1.25. The maximum absolute atomic E-state index is 13.7. The Bertz CT molecular complexity index is 1550. The molecular formula is C30H28ClN7O2. The number of aromatic nitrogens is 4. The Labute approximate surface area is 236 Å². The zero-order valence-electron chi connectivity index (χ0n) is 21.7. The van der Waals surface area contributed by atoms with E-state index in [9.17, 15) is 9.59 Å². The number of benzene rings is 3. The molecular weight excluding hydrogens is 526 g/mol. The van der Waals surface area contributed by atoms with Gasteiger partial charge in [-0.25, -0.2) is 0 Å². The number of hydrogen-bond acceptors (Lipinski definition) is 6. The first-order valence-corrected chi connectivity index (χ1v) is 13.7. The number of amides is 2. The summed E-state index contributed by atoms with van der Waals surface area (Å²) in [6, 6.07) is 20.6. The van der Waals surface area contributed by atoms with E-state index in [1.807, 2.05) is 48.5 Å². The van der Waals surface area contributed by atoms with Gasteiger partial charge in [0, 0.05) is 34.9 Å². The van der Waals surface area contributed by atoms with Crippen LogP contribution in [0.2, 0.25) is 5.02 Å². The van der Waals surface area contributed by atoms with Crippen molar-refractivity contribution in [2.75, 3.05) is 18.4 Å². The highest BCUT2D eigenvalue weighted by Gasteiger charge is 2.35. The highest BCUT2D eigenvalue weighted by Crippen LogP contribution is 2.32. The molecule has 10 heteroatoms. The van der Waals surface area contributed by atoms with Gasteiger partial charge in [-0.1, -0.05) is 48.0 Å². The minimum Gasteiger partial charge on any atom is -0.324 e. The molecule has 40 heavy (non-hydrogen) atoms. The first-order valence-electron chi connectivity index (χ1n) is 13.3. The van der Waals surface area contributed by atoms with Gasteiger partial charge in [0.25, 0.3) is 5.91 Å². The van der Waals surface area contributed by atoms with Crippen molar-refractivity contribution in [3.05, 3.63) is 106 Å². The van der Waals surface area contributed by atoms with Crippen LogP contribution in [0.1, 0.15) is 47.2 Å². The maximum Gasteiger partial charge on any atom is 0.251 e. The Morgan fingerprint density at radius 1 is 1.07 bits per heavy atom. The normalized spacial score (nSPS) is 18.6. The topological polar surface area (TPSA) is 105 Å². The number of carbonyl (C=O) groups is 2. The lowest BCUT2D eigenvalue weighted by Gasteiger charge is -2.35. The fraction of sp³-hybridized carbons (Fsp3) is 0.233. The minimum atomic E-state index is -0.767. The molecule has 3 heterocycles. The van der Waals surface area contributed by atoms with E-state index in [0.29, 0.717) is 41.0 Å². The van der Waals surface area contributed by atoms with Crippen LogP contribution in [0.4, 0.5) is 5.69 Å². The van der Waals surface area contributed by atoms with Crippen LogP contribution < -0.4 is 10.6 Å². The predicted octanol–water partition coefficient (Wildman–Crippen LogP) is 4.52. The summed E-state index contributed by atoms with van der Waals surface area (Å²) in [7, 11) is 0. The Morgan fingerprint density at radius 3 is 2.70 bits per heavy atom. The van der Waals surface area contributed by atoms with Crippen LogP contribution in [0, 0.1) is 0 Å². The number of tetrazole rings is 1. The summed E-state index contributed by atoms with van der Waals surface area (Å²) >= 11 is 6.24. The molecule has 1 unspecified atom stereocenters. The number of fused-ring (bicyclic) bond motifs is 1. The van der Waals surface area contributed by atoms with Crippen molar-refractivity contribution in [1.29, 1.82) is 0 Å². The van der Waals surface area contributed by atoms with Gasteiger partial charge < -0.3 is 15.5 Å². The molecule has 1 aromatic heterocycles. The SMILES string of the molecule is O=C(Nc1ccc(C2CCCN2)cc1)[C@@H]1c2ccccc2CCN1C(=O)/C=C/c1cc(Cl)ccc1-n1cnnn1. The third-order valence-corrected chi connectivity index (χ3v) is 7.68. The van der Waals surface area contributed by atoms with Crippen molar-refractivity contribution in [1.82, 2.24) is 30.4 Å². The third kappa shape index (κ3) is 5.38. The smallest absolute Gasteiger partial charge is 0.251 e. The van der Waals surface area contributed by atoms with Gasteiger partial charge in [0.1, 0.15) is 12.4 Å². The van der Waals surface area contributed by atoms with E-state index in [1.54, 1.807) is 29.2 Å². The zero-order chi connectivity index (χ0) is 27.5. The molecule has 0 spiro atoms. The molecule has 6 rings (SSSR count). The van der Waals surface area contributed by atoms with Gasteiger partial charge in [0.2, 0.25) is 5.91 Å². The largest absolute Gasteiger partial charge is 0.324 e. The maximum atomic E-state index is 13.7. The molecule has 0 saturated carbocycles. The highest BCUT2D eigenvalue weighted by molar-refractivity contribution is 6.30. The van der Waals surface area contributed by atoms with Gasteiger partial charge in [-0.15, -0.1) is 5.10 Å². The Morgan fingerprint density at radius 2 is 1.93 bits per heavy atom. The number of hydrogen-bond donors (Lipinski definition) is 2. The fourth-order valence-electron chi connectivity index (χ4n) is 5.46. The number of nitrogens with zero attached hydrogens (tertiary/aromatic N) is 5. The van der Waals surface area contributed by atoms with Gasteiger partial charge in [0.15, 0.2) is 0 Å². The first-order chi connectivity index (χ1) is 19.6. The monoisotopic (exact) mass is 553 g/mol. The van der Waals surface area contributed by atoms with Crippen LogP contribution in [0.15, 0.2) is 79.1 Å². The van der Waals surface area contributed by atoms with E-state index in [-0.39, 0.29) is 11.8 Å². The van der Waals surface area contributed by atoms with Crippen LogP contribution in [-0.4, -0.2) is 50.0 Å². The summed E-state index contributed by atoms with van der Waals surface area (Å²) in [6.07, 6.45) is 7.56. The molecule has 0 radical (unpaired) electrons. The van der Waals surface area contributed by atoms with Gasteiger partial charge in [-0.2, -0.15) is 4.68 Å². The average molecular weight is 554 g/mol. The molecule has 3 aromatic carbocycles. The molecule has 0 aliphatic carbocycles. The van der Waals surface area contributed by atoms with Crippen LogP contribution in [0.3, 0.4) is 0 Å². The fourth-order valence-corrected chi connectivity index (χ4v) is 5.64. The van der Waals surface area contributed by atoms with Crippen LogP contribution in [0.5, 0.6) is 0 Å². The first kappa shape index (κ1) is 25.9. The minimum absolute atomic E-state index is 0.252. The summed E-state index contributed by atoms with van der Waals surface area (Å²) in [5.41, 5.74) is 5.15. The molecule has 9 nitrogen and oxygen atoms in total. The molecule has 1 fully saturated rings. The summed E-state index contributed by atoms with van der Waals surface area (Å²) in [5, 5.41) is 18.4. The van der Waals surface area contributed by atoms with Gasteiger partial charge in [0.05, 0.1) is 5.69 Å². The highest BCUT2D eigenvalue weighted by atomic mass is 35.5. The van der Waals surface area contributed by atoms with Crippen molar-refractivity contribution >= 4 is 35.2 Å². The van der Waals surface area contributed by atoms with Gasteiger partial charge in [-0.05, 0) is 89.3 Å². The lowest BCUT2D eigenvalue weighted by molar-refractivity contribution is -0.135. The molecule has 2 amide bonds. The molecule has 202 valence electrons. The van der Waals surface area contributed by atoms with Crippen molar-refractivity contribution in [3.8, 4) is 5.69 Å². The molecule has 2 aliphatic heterocycles. The Hall–Kier alpha value is -4.34. The van der Waals surface area contributed by atoms with Crippen LogP contribution in [0.25, 0.3) is 11.8 Å². The second kappa shape index (κ2) is 11.4. The summed E-state index contributed by atoms with van der Waals surface area (Å²) < 4.78 is 1.50. The van der Waals surface area contributed by atoms with Crippen molar-refractivity contribution in [3.63, 3.8) is 0 Å². The van der Waals surface area contributed by atoms with E-state index < -0.39 is 6.04 Å². The number of anilines is 1. The second-order valence-corrected chi connectivity index (χ2v) is 10.4. The van der Waals surface area contributed by atoms with E-state index in [0.717, 1.165) is 24.1 Å². The van der Waals surface area contributed by atoms with Crippen molar-refractivity contribution in [2.24, 2.45) is 0 Å². The quantitative estimate of drug-likeness (QED) is 0.340. The molecule has 0 bridgehead atoms. The molecule has 2 N–H and O–H groups in total. The lowest BCUT2D eigenvalue weighted by Crippen LogP contribution is -2.44. The second-order valence-electron chi connectivity index (χ2n) is 9.93. The van der Waals surface area contributed by atoms with E-state index in [1.165, 1.54) is 29.1 Å². The third-order valence-electron chi connectivity index (χ3n) is 7.45. The Kier molecular flexibility index (Phi) is 7.39. The van der Waals surface area contributed by atoms with Crippen molar-refractivity contribution < 1.29 is 9.59 Å². The number of halogens is 1. The number of rotatable bonds is 6. The van der Waals surface area contributed by atoms with Crippen LogP contribution in [-0.2, 0) is 16.0 Å². The molecule has 2 atom stereocenters. The number of nitrogens with one attached hydrogen (secondary N) is 2. The van der Waals surface area contributed by atoms with E-state index in [4.69, 9.17) is 11.6 Å². The zero-order valence-corrected chi connectivity index (χ0v) is 22.5. The van der Waals surface area contributed by atoms with Crippen LogP contribution >= 0.6 is 11.6 Å². The molecule has 1 saturated heterocycles. The molecule has 2 aliphatic rings. The van der Waals surface area contributed by atoms with Gasteiger partial charge >= 0.3 is 0 Å². The summed E-state index contributed by atoms with van der Waals surface area (Å²) in [5.74, 6) is -0.530. The van der Waals surface area contributed by atoms with Crippen molar-refractivity contribution in [2.45, 2.75) is 31.3 Å². The standard InChI is InChI=1S/C30H28ClN7O2/c31-23-10-13-27(38-19-33-35-36-38)22(18-23)9-14-28(39)37-17-15-20-4-1-2-5-25(20)29(37)30(40)34-24-11-7-21(8-12-24)26-6-3-16-32-26/h1-2,4-5,7-14,18-19,26,29,32H,3,6,15-17H2,(H,34,40)/b14-9+/t26?,29-/m0/s1. The predicted molar refractivity (Wildman–Crippen MR) is 153 cm³/mol. The summed E-state index contributed by atoms with van der Waals surface area (Å²) in [4.78, 5) is 28.9. The summed E-state index contributed by atoms with van der Waals surface area (Å²) in [6.45, 7) is 1.44. The number of carbonyl (C=O) groups excluding carboxylic acids is 2. The van der Waals surface area contributed by atoms with E-state index >= 15 is 0 Å².